The minimum Gasteiger partial charge on any atom is -0.335 e. The van der Waals surface area contributed by atoms with E-state index in [1.807, 2.05) is 25.2 Å². The number of aryl methyl sites for hydroxylation is 1. The Kier molecular flexibility index (Phi) is 2.06. The third kappa shape index (κ3) is 1.22. The molecule has 16 heavy (non-hydrogen) atoms. The maximum Gasteiger partial charge on any atom is 0.262 e. The molecule has 0 radical (unpaired) electrons. The van der Waals surface area contributed by atoms with E-state index in [4.69, 9.17) is 11.6 Å². The number of hydrogen-bond donors (Lipinski definition) is 0. The van der Waals surface area contributed by atoms with Crippen molar-refractivity contribution in [3.05, 3.63) is 35.2 Å². The molecule has 0 aliphatic carbocycles. The average Bonchev–Trinajstić information content (AvgIpc) is 2.81. The fourth-order valence-corrected chi connectivity index (χ4v) is 3.17. The highest BCUT2D eigenvalue weighted by Crippen LogP contribution is 2.34. The zero-order valence-electron chi connectivity index (χ0n) is 8.53. The van der Waals surface area contributed by atoms with Gasteiger partial charge in [0.15, 0.2) is 0 Å². The Labute approximate surface area is 101 Å². The third-order valence-corrected chi connectivity index (χ3v) is 4.29. The van der Waals surface area contributed by atoms with Crippen molar-refractivity contribution in [2.24, 2.45) is 7.05 Å². The number of benzene rings is 1. The lowest BCUT2D eigenvalue weighted by atomic mass is 10.2. The first-order valence-corrected chi connectivity index (χ1v) is 6.04. The van der Waals surface area contributed by atoms with Gasteiger partial charge in [-0.2, -0.15) is 0 Å². The van der Waals surface area contributed by atoms with Crippen molar-refractivity contribution in [2.75, 3.05) is 0 Å². The molecular weight excluding hydrogens is 242 g/mol. The summed E-state index contributed by atoms with van der Waals surface area (Å²) in [6.07, 6.45) is 0. The summed E-state index contributed by atoms with van der Waals surface area (Å²) in [7, 11) is 2.00. The monoisotopic (exact) mass is 249 g/mol. The maximum absolute atomic E-state index is 11.1. The molecule has 0 aliphatic heterocycles. The third-order valence-electron chi connectivity index (χ3n) is 2.77. The Morgan fingerprint density at radius 1 is 1.31 bits per heavy atom. The lowest BCUT2D eigenvalue weighted by Gasteiger charge is -1.95. The minimum atomic E-state index is -0.384. The number of hydrogen-bond acceptors (Lipinski definition) is 2. The molecule has 2 heterocycles. The summed E-state index contributed by atoms with van der Waals surface area (Å²) in [5, 5.41) is 1.89. The van der Waals surface area contributed by atoms with Crippen LogP contribution in [0, 0.1) is 0 Å². The number of carbonyl (C=O) groups is 1. The molecule has 0 amide bonds. The highest BCUT2D eigenvalue weighted by atomic mass is 35.5. The fraction of sp³-hybridized carbons (Fsp3) is 0.0833. The Hall–Kier alpha value is -1.32. The molecule has 0 unspecified atom stereocenters. The molecule has 1 aromatic carbocycles. The van der Waals surface area contributed by atoms with Crippen LogP contribution < -0.4 is 0 Å². The zero-order chi connectivity index (χ0) is 11.3. The van der Waals surface area contributed by atoms with Gasteiger partial charge in [-0.25, -0.2) is 0 Å². The lowest BCUT2D eigenvalue weighted by Crippen LogP contribution is -1.84. The standard InChI is InChI=1S/C12H8ClNOS/c1-14-9-5-3-2-4-7(9)8-6-10(11(13)15)16-12(8)14/h2-6H,1H3. The summed E-state index contributed by atoms with van der Waals surface area (Å²) in [4.78, 5) is 12.8. The molecule has 0 saturated carbocycles. The molecule has 2 nitrogen and oxygen atoms in total. The molecule has 0 saturated heterocycles. The van der Waals surface area contributed by atoms with Crippen molar-refractivity contribution < 1.29 is 4.79 Å². The SMILES string of the molecule is Cn1c2ccccc2c2cc(C(=O)Cl)sc21. The number of halogens is 1. The van der Waals surface area contributed by atoms with Crippen LogP contribution in [0.1, 0.15) is 9.67 Å². The topological polar surface area (TPSA) is 22.0 Å². The Morgan fingerprint density at radius 2 is 2.06 bits per heavy atom. The van der Waals surface area contributed by atoms with Crippen molar-refractivity contribution >= 4 is 49.3 Å². The first-order valence-electron chi connectivity index (χ1n) is 4.85. The Bertz CT molecular complexity index is 710. The van der Waals surface area contributed by atoms with Crippen molar-refractivity contribution in [3.8, 4) is 0 Å². The van der Waals surface area contributed by atoms with E-state index >= 15 is 0 Å². The van der Waals surface area contributed by atoms with Crippen LogP contribution in [0.3, 0.4) is 0 Å². The number of aromatic nitrogens is 1. The highest BCUT2D eigenvalue weighted by Gasteiger charge is 2.14. The van der Waals surface area contributed by atoms with Gasteiger partial charge >= 0.3 is 0 Å². The first-order chi connectivity index (χ1) is 7.68. The minimum absolute atomic E-state index is 0.384. The van der Waals surface area contributed by atoms with E-state index in [1.165, 1.54) is 22.2 Å². The van der Waals surface area contributed by atoms with Crippen LogP contribution in [0.2, 0.25) is 0 Å². The molecule has 0 fully saturated rings. The Balaban J connectivity index is 2.49. The van der Waals surface area contributed by atoms with Crippen LogP contribution in [0.15, 0.2) is 30.3 Å². The second-order valence-electron chi connectivity index (χ2n) is 3.68. The summed E-state index contributed by atoms with van der Waals surface area (Å²) in [5.74, 6) is 0. The van der Waals surface area contributed by atoms with Gasteiger partial charge in [-0.15, -0.1) is 11.3 Å². The van der Waals surface area contributed by atoms with E-state index in [0.29, 0.717) is 4.88 Å². The Morgan fingerprint density at radius 3 is 2.81 bits per heavy atom. The molecule has 2 aromatic heterocycles. The molecule has 0 bridgehead atoms. The lowest BCUT2D eigenvalue weighted by molar-refractivity contribution is 0.108. The van der Waals surface area contributed by atoms with E-state index in [9.17, 15) is 4.79 Å². The quantitative estimate of drug-likeness (QED) is 0.602. The second kappa shape index (κ2) is 3.34. The largest absolute Gasteiger partial charge is 0.335 e. The van der Waals surface area contributed by atoms with E-state index in [2.05, 4.69) is 16.7 Å². The molecule has 0 N–H and O–H groups in total. The van der Waals surface area contributed by atoms with Gasteiger partial charge in [-0.1, -0.05) is 18.2 Å². The van der Waals surface area contributed by atoms with Gasteiger partial charge < -0.3 is 4.57 Å². The first kappa shape index (κ1) is 9.87. The summed E-state index contributed by atoms with van der Waals surface area (Å²) in [6, 6.07) is 10.0. The van der Waals surface area contributed by atoms with Crippen LogP contribution >= 0.6 is 22.9 Å². The average molecular weight is 250 g/mol. The molecular formula is C12H8ClNOS. The van der Waals surface area contributed by atoms with Crippen LogP contribution in [0.4, 0.5) is 0 Å². The van der Waals surface area contributed by atoms with E-state index in [-0.39, 0.29) is 5.24 Å². The second-order valence-corrected chi connectivity index (χ2v) is 5.05. The summed E-state index contributed by atoms with van der Waals surface area (Å²) >= 11 is 6.94. The van der Waals surface area contributed by atoms with E-state index in [1.54, 1.807) is 0 Å². The molecule has 0 spiro atoms. The summed E-state index contributed by atoms with van der Waals surface area (Å²) < 4.78 is 2.10. The van der Waals surface area contributed by atoms with Gasteiger partial charge in [0.05, 0.1) is 4.88 Å². The predicted octanol–water partition coefficient (Wildman–Crippen LogP) is 3.77. The van der Waals surface area contributed by atoms with Crippen molar-refractivity contribution in [2.45, 2.75) is 0 Å². The van der Waals surface area contributed by atoms with Gasteiger partial charge in [-0.3, -0.25) is 4.79 Å². The molecule has 0 atom stereocenters. The number of thiophene rings is 1. The highest BCUT2D eigenvalue weighted by molar-refractivity contribution is 7.22. The van der Waals surface area contributed by atoms with Gasteiger partial charge in [0.1, 0.15) is 4.83 Å². The number of para-hydroxylation sites is 1. The molecule has 3 rings (SSSR count). The van der Waals surface area contributed by atoms with E-state index in [0.717, 1.165) is 10.2 Å². The summed E-state index contributed by atoms with van der Waals surface area (Å²) in [6.45, 7) is 0. The van der Waals surface area contributed by atoms with Gasteiger partial charge in [0, 0.05) is 23.3 Å². The van der Waals surface area contributed by atoms with Crippen molar-refractivity contribution in [3.63, 3.8) is 0 Å². The van der Waals surface area contributed by atoms with Crippen LogP contribution in [0.25, 0.3) is 21.1 Å². The van der Waals surface area contributed by atoms with Crippen molar-refractivity contribution in [1.29, 1.82) is 0 Å². The van der Waals surface area contributed by atoms with Crippen LogP contribution in [-0.2, 0) is 7.05 Å². The molecule has 4 heteroatoms. The van der Waals surface area contributed by atoms with Gasteiger partial charge in [0.2, 0.25) is 0 Å². The van der Waals surface area contributed by atoms with Gasteiger partial charge in [-0.05, 0) is 23.7 Å². The number of nitrogens with zero attached hydrogens (tertiary/aromatic N) is 1. The number of fused-ring (bicyclic) bond motifs is 3. The van der Waals surface area contributed by atoms with Crippen LogP contribution in [0.5, 0.6) is 0 Å². The fourth-order valence-electron chi connectivity index (χ4n) is 2.02. The van der Waals surface area contributed by atoms with Crippen LogP contribution in [-0.4, -0.2) is 9.81 Å². The van der Waals surface area contributed by atoms with Crippen molar-refractivity contribution in [1.82, 2.24) is 4.57 Å². The number of carbonyl (C=O) groups excluding carboxylic acids is 1. The maximum atomic E-state index is 11.1. The van der Waals surface area contributed by atoms with Gasteiger partial charge in [0.25, 0.3) is 5.24 Å². The molecule has 3 aromatic rings. The molecule has 80 valence electrons. The normalized spacial score (nSPS) is 11.4. The zero-order valence-corrected chi connectivity index (χ0v) is 10.1. The number of rotatable bonds is 1. The molecule has 0 aliphatic rings. The summed E-state index contributed by atoms with van der Waals surface area (Å²) in [5.41, 5.74) is 1.18. The van der Waals surface area contributed by atoms with E-state index < -0.39 is 0 Å². The predicted molar refractivity (Wildman–Crippen MR) is 68.5 cm³/mol. The smallest absolute Gasteiger partial charge is 0.262 e.